The maximum Gasteiger partial charge on any atom is 0.123 e. The van der Waals surface area contributed by atoms with Gasteiger partial charge in [0, 0.05) is 6.54 Å². The van der Waals surface area contributed by atoms with Crippen LogP contribution in [0.15, 0.2) is 24.3 Å². The summed E-state index contributed by atoms with van der Waals surface area (Å²) < 4.78 is 6.01. The van der Waals surface area contributed by atoms with E-state index in [9.17, 15) is 0 Å². The minimum absolute atomic E-state index is 0. The van der Waals surface area contributed by atoms with Gasteiger partial charge in [-0.05, 0) is 30.5 Å². The quantitative estimate of drug-likeness (QED) is 0.879. The van der Waals surface area contributed by atoms with E-state index in [2.05, 4.69) is 37.4 Å². The van der Waals surface area contributed by atoms with Gasteiger partial charge in [-0.3, -0.25) is 0 Å². The predicted octanol–water partition coefficient (Wildman–Crippen LogP) is 2.97. The molecule has 2 rings (SSSR count). The fourth-order valence-electron chi connectivity index (χ4n) is 1.97. The summed E-state index contributed by atoms with van der Waals surface area (Å²) in [7, 11) is 0. The van der Waals surface area contributed by atoms with Crippen molar-refractivity contribution in [2.75, 3.05) is 13.1 Å². The van der Waals surface area contributed by atoms with Crippen molar-refractivity contribution in [1.29, 1.82) is 0 Å². The third-order valence-electron chi connectivity index (χ3n) is 2.85. The molecule has 1 unspecified atom stereocenters. The molecule has 1 N–H and O–H groups in total. The Bertz CT molecular complexity index is 321. The molecule has 0 amide bonds. The number of benzene rings is 1. The van der Waals surface area contributed by atoms with Crippen molar-refractivity contribution in [3.8, 4) is 5.75 Å². The fourth-order valence-corrected chi connectivity index (χ4v) is 1.97. The molecule has 1 aliphatic rings. The lowest BCUT2D eigenvalue weighted by Gasteiger charge is -2.17. The number of halogens is 1. The normalized spacial score (nSPS) is 19.6. The van der Waals surface area contributed by atoms with Crippen LogP contribution in [0.25, 0.3) is 0 Å². The first kappa shape index (κ1) is 13.3. The molecule has 2 nitrogen and oxygen atoms in total. The van der Waals surface area contributed by atoms with Gasteiger partial charge >= 0.3 is 0 Å². The lowest BCUT2D eigenvalue weighted by Crippen LogP contribution is -2.20. The third-order valence-corrected chi connectivity index (χ3v) is 2.85. The molecule has 90 valence electrons. The van der Waals surface area contributed by atoms with Gasteiger partial charge < -0.3 is 10.1 Å². The first-order valence-corrected chi connectivity index (χ1v) is 5.73. The zero-order valence-corrected chi connectivity index (χ0v) is 10.7. The summed E-state index contributed by atoms with van der Waals surface area (Å²) in [6.07, 6.45) is 1.47. The zero-order valence-electron chi connectivity index (χ0n) is 9.90. The van der Waals surface area contributed by atoms with E-state index in [4.69, 9.17) is 4.74 Å². The van der Waals surface area contributed by atoms with Crippen molar-refractivity contribution >= 4 is 12.4 Å². The summed E-state index contributed by atoms with van der Waals surface area (Å²) in [5.41, 5.74) is 1.31. The van der Waals surface area contributed by atoms with Crippen LogP contribution in [0, 0.1) is 0 Å². The maximum atomic E-state index is 6.01. The summed E-state index contributed by atoms with van der Waals surface area (Å²) in [6.45, 7) is 6.46. The van der Waals surface area contributed by atoms with Crippen LogP contribution in [0.1, 0.15) is 31.7 Å². The Balaban J connectivity index is 0.00000128. The van der Waals surface area contributed by atoms with Crippen molar-refractivity contribution in [2.45, 2.75) is 32.3 Å². The highest BCUT2D eigenvalue weighted by Crippen LogP contribution is 2.27. The minimum Gasteiger partial charge on any atom is -0.489 e. The Morgan fingerprint density at radius 3 is 2.69 bits per heavy atom. The summed E-state index contributed by atoms with van der Waals surface area (Å²) in [5.74, 6) is 1.58. The first-order valence-electron chi connectivity index (χ1n) is 5.73. The van der Waals surface area contributed by atoms with Gasteiger partial charge in [0.05, 0.1) is 0 Å². The highest BCUT2D eigenvalue weighted by molar-refractivity contribution is 5.85. The summed E-state index contributed by atoms with van der Waals surface area (Å²) in [6, 6.07) is 8.36. The second-order valence-corrected chi connectivity index (χ2v) is 4.43. The van der Waals surface area contributed by atoms with E-state index in [1.54, 1.807) is 0 Å². The topological polar surface area (TPSA) is 21.3 Å². The molecule has 0 aromatic heterocycles. The Morgan fingerprint density at radius 2 is 2.06 bits per heavy atom. The fraction of sp³-hybridized carbons (Fsp3) is 0.538. The van der Waals surface area contributed by atoms with Crippen molar-refractivity contribution in [3.05, 3.63) is 29.8 Å². The van der Waals surface area contributed by atoms with Crippen LogP contribution < -0.4 is 10.1 Å². The average Bonchev–Trinajstić information content (AvgIpc) is 2.71. The van der Waals surface area contributed by atoms with Crippen LogP contribution in [0.2, 0.25) is 0 Å². The van der Waals surface area contributed by atoms with Gasteiger partial charge in [-0.15, -0.1) is 12.4 Å². The van der Waals surface area contributed by atoms with Crippen LogP contribution in [0.5, 0.6) is 5.75 Å². The zero-order chi connectivity index (χ0) is 10.7. The molecular formula is C13H20ClNO. The molecule has 1 heterocycles. The molecule has 3 heteroatoms. The lowest BCUT2D eigenvalue weighted by atomic mass is 10.0. The lowest BCUT2D eigenvalue weighted by molar-refractivity contribution is 0.220. The van der Waals surface area contributed by atoms with E-state index in [1.165, 1.54) is 5.56 Å². The highest BCUT2D eigenvalue weighted by atomic mass is 35.5. The molecule has 1 aromatic carbocycles. The van der Waals surface area contributed by atoms with E-state index in [0.29, 0.717) is 12.0 Å². The monoisotopic (exact) mass is 241 g/mol. The number of hydrogen-bond donors (Lipinski definition) is 1. The van der Waals surface area contributed by atoms with Gasteiger partial charge in [-0.2, -0.15) is 0 Å². The van der Waals surface area contributed by atoms with Gasteiger partial charge in [0.1, 0.15) is 11.9 Å². The molecule has 0 saturated carbocycles. The van der Waals surface area contributed by atoms with Crippen LogP contribution in [0.4, 0.5) is 0 Å². The molecular weight excluding hydrogens is 222 g/mol. The van der Waals surface area contributed by atoms with E-state index in [0.717, 1.165) is 25.3 Å². The SMILES string of the molecule is CC(C)c1ccccc1OC1CCNC1.Cl. The van der Waals surface area contributed by atoms with Crippen molar-refractivity contribution in [2.24, 2.45) is 0 Å². The first-order chi connectivity index (χ1) is 7.27. The Hall–Kier alpha value is -0.730. The molecule has 16 heavy (non-hydrogen) atoms. The number of para-hydroxylation sites is 1. The van der Waals surface area contributed by atoms with E-state index >= 15 is 0 Å². The van der Waals surface area contributed by atoms with Crippen LogP contribution >= 0.6 is 12.4 Å². The summed E-state index contributed by atoms with van der Waals surface area (Å²) in [5, 5.41) is 3.32. The molecule has 0 radical (unpaired) electrons. The van der Waals surface area contributed by atoms with Crippen molar-refractivity contribution < 1.29 is 4.74 Å². The standard InChI is InChI=1S/C13H19NO.ClH/c1-10(2)12-5-3-4-6-13(12)15-11-7-8-14-9-11;/h3-6,10-11,14H,7-9H2,1-2H3;1H. The highest BCUT2D eigenvalue weighted by Gasteiger charge is 2.17. The Morgan fingerprint density at radius 1 is 1.31 bits per heavy atom. The largest absolute Gasteiger partial charge is 0.489 e. The molecule has 0 bridgehead atoms. The van der Waals surface area contributed by atoms with Gasteiger partial charge in [-0.25, -0.2) is 0 Å². The second-order valence-electron chi connectivity index (χ2n) is 4.43. The molecule has 1 atom stereocenters. The minimum atomic E-state index is 0. The van der Waals surface area contributed by atoms with Crippen LogP contribution in [0.3, 0.4) is 0 Å². The third kappa shape index (κ3) is 3.13. The predicted molar refractivity (Wildman–Crippen MR) is 69.7 cm³/mol. The van der Waals surface area contributed by atoms with Gasteiger partial charge in [-0.1, -0.05) is 32.0 Å². The summed E-state index contributed by atoms with van der Waals surface area (Å²) >= 11 is 0. The molecule has 0 spiro atoms. The molecule has 1 fully saturated rings. The van der Waals surface area contributed by atoms with E-state index in [1.807, 2.05) is 6.07 Å². The van der Waals surface area contributed by atoms with Crippen LogP contribution in [-0.4, -0.2) is 19.2 Å². The number of nitrogens with one attached hydrogen (secondary N) is 1. The van der Waals surface area contributed by atoms with Gasteiger partial charge in [0.25, 0.3) is 0 Å². The summed E-state index contributed by atoms with van der Waals surface area (Å²) in [4.78, 5) is 0. The second kappa shape index (κ2) is 6.12. The Kier molecular flexibility index (Phi) is 5.10. The van der Waals surface area contributed by atoms with E-state index in [-0.39, 0.29) is 12.4 Å². The van der Waals surface area contributed by atoms with Crippen molar-refractivity contribution in [3.63, 3.8) is 0 Å². The van der Waals surface area contributed by atoms with E-state index < -0.39 is 0 Å². The number of ether oxygens (including phenoxy) is 1. The molecule has 0 aliphatic carbocycles. The van der Waals surface area contributed by atoms with Gasteiger partial charge in [0.2, 0.25) is 0 Å². The number of hydrogen-bond acceptors (Lipinski definition) is 2. The number of rotatable bonds is 3. The maximum absolute atomic E-state index is 6.01. The molecule has 1 saturated heterocycles. The molecule has 1 aromatic rings. The van der Waals surface area contributed by atoms with Crippen molar-refractivity contribution in [1.82, 2.24) is 5.32 Å². The molecule has 1 aliphatic heterocycles. The average molecular weight is 242 g/mol. The van der Waals surface area contributed by atoms with Crippen LogP contribution in [-0.2, 0) is 0 Å². The Labute approximate surface area is 104 Å². The smallest absolute Gasteiger partial charge is 0.123 e. The van der Waals surface area contributed by atoms with Gasteiger partial charge in [0.15, 0.2) is 0 Å².